The smallest absolute Gasteiger partial charge is 0.137 e. The summed E-state index contributed by atoms with van der Waals surface area (Å²) in [6.45, 7) is 3.71. The van der Waals surface area contributed by atoms with Gasteiger partial charge in [0.15, 0.2) is 0 Å². The predicted molar refractivity (Wildman–Crippen MR) is 78.1 cm³/mol. The Morgan fingerprint density at radius 1 is 1.05 bits per heavy atom. The van der Waals surface area contributed by atoms with Gasteiger partial charge in [0.25, 0.3) is 0 Å². The minimum absolute atomic E-state index is 0.439. The minimum atomic E-state index is 0.439. The van der Waals surface area contributed by atoms with Crippen molar-refractivity contribution in [2.24, 2.45) is 0 Å². The van der Waals surface area contributed by atoms with Gasteiger partial charge >= 0.3 is 0 Å². The lowest BCUT2D eigenvalue weighted by Gasteiger charge is -2.01. The molecule has 0 saturated carbocycles. The maximum Gasteiger partial charge on any atom is 0.137 e. The van der Waals surface area contributed by atoms with Gasteiger partial charge in [0, 0.05) is 24.0 Å². The van der Waals surface area contributed by atoms with E-state index in [9.17, 15) is 0 Å². The van der Waals surface area contributed by atoms with Crippen LogP contribution < -0.4 is 5.73 Å². The summed E-state index contributed by atoms with van der Waals surface area (Å²) in [6, 6.07) is 0. The molecule has 0 unspecified atom stereocenters. The van der Waals surface area contributed by atoms with Crippen LogP contribution in [-0.4, -0.2) is 24.9 Å². The highest BCUT2D eigenvalue weighted by Crippen LogP contribution is 2.30. The van der Waals surface area contributed by atoms with Crippen molar-refractivity contribution in [3.63, 3.8) is 0 Å². The van der Waals surface area contributed by atoms with E-state index >= 15 is 0 Å². The normalized spacial score (nSPS) is 10.7. The first kappa shape index (κ1) is 12.6. The predicted octanol–water partition coefficient (Wildman–Crippen LogP) is 2.26. The van der Waals surface area contributed by atoms with Gasteiger partial charge in [0.1, 0.15) is 28.0 Å². The Morgan fingerprint density at radius 3 is 2.60 bits per heavy atom. The number of hydrogen-bond acceptors (Lipinski definition) is 7. The molecule has 6 nitrogen and oxygen atoms in total. The molecule has 0 bridgehead atoms. The summed E-state index contributed by atoms with van der Waals surface area (Å²) in [4.78, 5) is 21.4. The van der Waals surface area contributed by atoms with Gasteiger partial charge in [-0.1, -0.05) is 0 Å². The second kappa shape index (κ2) is 4.93. The lowest BCUT2D eigenvalue weighted by Crippen LogP contribution is -1.98. The van der Waals surface area contributed by atoms with Gasteiger partial charge in [-0.15, -0.1) is 11.3 Å². The fourth-order valence-corrected chi connectivity index (χ4v) is 2.64. The molecule has 3 aromatic heterocycles. The molecule has 0 atom stereocenters. The van der Waals surface area contributed by atoms with Crippen molar-refractivity contribution in [1.29, 1.82) is 0 Å². The molecular weight excluding hydrogens is 272 g/mol. The molecule has 0 spiro atoms. The number of nitrogens with two attached hydrogens (primary N) is 1. The summed E-state index contributed by atoms with van der Waals surface area (Å²) < 4.78 is 0. The largest absolute Gasteiger partial charge is 0.383 e. The molecule has 0 saturated heterocycles. The van der Waals surface area contributed by atoms with Gasteiger partial charge in [-0.25, -0.2) is 15.0 Å². The van der Waals surface area contributed by atoms with Crippen molar-refractivity contribution in [3.05, 3.63) is 35.5 Å². The van der Waals surface area contributed by atoms with E-state index in [0.717, 1.165) is 27.7 Å². The molecule has 0 aliphatic carbocycles. The number of hydrogen-bond donors (Lipinski definition) is 1. The highest BCUT2D eigenvalue weighted by molar-refractivity contribution is 7.13. The molecule has 3 rings (SSSR count). The third kappa shape index (κ3) is 2.23. The topological polar surface area (TPSA) is 90.5 Å². The molecule has 20 heavy (non-hydrogen) atoms. The summed E-state index contributed by atoms with van der Waals surface area (Å²) >= 11 is 1.49. The maximum absolute atomic E-state index is 5.92. The first-order chi connectivity index (χ1) is 9.65. The third-order valence-corrected chi connectivity index (χ3v) is 3.67. The molecule has 3 aromatic rings. The zero-order valence-corrected chi connectivity index (χ0v) is 11.8. The van der Waals surface area contributed by atoms with E-state index in [1.807, 2.05) is 12.3 Å². The number of aromatic nitrogens is 5. The number of anilines is 1. The van der Waals surface area contributed by atoms with Crippen molar-refractivity contribution in [3.8, 4) is 22.0 Å². The number of nitrogen functional groups attached to an aromatic ring is 1. The molecule has 0 aromatic carbocycles. The van der Waals surface area contributed by atoms with Gasteiger partial charge in [0.2, 0.25) is 0 Å². The van der Waals surface area contributed by atoms with Crippen molar-refractivity contribution >= 4 is 17.2 Å². The molecule has 0 amide bonds. The van der Waals surface area contributed by atoms with E-state index in [1.165, 1.54) is 11.3 Å². The zero-order chi connectivity index (χ0) is 14.1. The molecule has 0 aliphatic heterocycles. The van der Waals surface area contributed by atoms with Crippen LogP contribution in [0.2, 0.25) is 0 Å². The summed E-state index contributed by atoms with van der Waals surface area (Å²) in [5.74, 6) is 1.09. The summed E-state index contributed by atoms with van der Waals surface area (Å²) in [5, 5.41) is 2.72. The Bertz CT molecular complexity index is 767. The van der Waals surface area contributed by atoms with Crippen LogP contribution >= 0.6 is 11.3 Å². The molecule has 100 valence electrons. The van der Waals surface area contributed by atoms with Crippen LogP contribution in [-0.2, 0) is 0 Å². The number of thiazole rings is 1. The monoisotopic (exact) mass is 284 g/mol. The minimum Gasteiger partial charge on any atom is -0.383 e. The Hall–Kier alpha value is -2.41. The molecule has 0 aliphatic rings. The van der Waals surface area contributed by atoms with E-state index in [-0.39, 0.29) is 0 Å². The average Bonchev–Trinajstić information content (AvgIpc) is 2.88. The second-order valence-corrected chi connectivity index (χ2v) is 5.10. The Balaban J connectivity index is 2.04. The van der Waals surface area contributed by atoms with Crippen molar-refractivity contribution in [2.75, 3.05) is 5.73 Å². The number of nitrogens with zero attached hydrogens (tertiary/aromatic N) is 5. The Morgan fingerprint density at radius 2 is 1.85 bits per heavy atom. The van der Waals surface area contributed by atoms with Gasteiger partial charge in [-0.2, -0.15) is 0 Å². The summed E-state index contributed by atoms with van der Waals surface area (Å²) in [6.07, 6.45) is 5.02. The summed E-state index contributed by atoms with van der Waals surface area (Å²) in [5.41, 5.74) is 9.07. The highest BCUT2D eigenvalue weighted by atomic mass is 32.1. The van der Waals surface area contributed by atoms with E-state index in [2.05, 4.69) is 24.9 Å². The van der Waals surface area contributed by atoms with Crippen LogP contribution in [0, 0.1) is 13.8 Å². The van der Waals surface area contributed by atoms with Crippen LogP contribution in [0.3, 0.4) is 0 Å². The fraction of sp³-hybridized carbons (Fsp3) is 0.154. The van der Waals surface area contributed by atoms with E-state index in [4.69, 9.17) is 5.73 Å². The van der Waals surface area contributed by atoms with Gasteiger partial charge in [-0.05, 0) is 13.8 Å². The van der Waals surface area contributed by atoms with Gasteiger partial charge in [0.05, 0.1) is 11.3 Å². The van der Waals surface area contributed by atoms with Crippen molar-refractivity contribution < 1.29 is 0 Å². The van der Waals surface area contributed by atoms with Crippen molar-refractivity contribution in [1.82, 2.24) is 24.9 Å². The molecule has 3 heterocycles. The lowest BCUT2D eigenvalue weighted by atomic mass is 10.2. The lowest BCUT2D eigenvalue weighted by molar-refractivity contribution is 1.06. The average molecular weight is 284 g/mol. The van der Waals surface area contributed by atoms with Crippen molar-refractivity contribution in [2.45, 2.75) is 13.8 Å². The third-order valence-electron chi connectivity index (χ3n) is 2.80. The highest BCUT2D eigenvalue weighted by Gasteiger charge is 2.13. The Kier molecular flexibility index (Phi) is 3.11. The van der Waals surface area contributed by atoms with Crippen LogP contribution in [0.5, 0.6) is 0 Å². The first-order valence-corrected chi connectivity index (χ1v) is 6.86. The van der Waals surface area contributed by atoms with Gasteiger partial charge in [-0.3, -0.25) is 9.97 Å². The number of rotatable bonds is 2. The molecule has 7 heteroatoms. The molecule has 2 N–H and O–H groups in total. The van der Waals surface area contributed by atoms with Crippen LogP contribution in [0.15, 0.2) is 24.0 Å². The molecule has 0 radical (unpaired) electrons. The zero-order valence-electron chi connectivity index (χ0n) is 11.0. The maximum atomic E-state index is 5.92. The van der Waals surface area contributed by atoms with E-state index in [1.54, 1.807) is 25.5 Å². The molecular formula is C13H12N6S. The van der Waals surface area contributed by atoms with Crippen LogP contribution in [0.4, 0.5) is 5.82 Å². The fourth-order valence-electron chi connectivity index (χ4n) is 1.82. The standard InChI is InChI=1S/C13H12N6S/c1-7-11(16-4-3-15-7)10-6-20-13(19-10)9-5-17-8(2)18-12(9)14/h3-6H,1-2H3,(H2,14,17,18). The van der Waals surface area contributed by atoms with E-state index < -0.39 is 0 Å². The van der Waals surface area contributed by atoms with Crippen LogP contribution in [0.1, 0.15) is 11.5 Å². The summed E-state index contributed by atoms with van der Waals surface area (Å²) in [7, 11) is 0. The Labute approximate surface area is 119 Å². The van der Waals surface area contributed by atoms with E-state index in [0.29, 0.717) is 11.6 Å². The molecule has 0 fully saturated rings. The van der Waals surface area contributed by atoms with Gasteiger partial charge < -0.3 is 5.73 Å². The number of aryl methyl sites for hydroxylation is 2. The SMILES string of the molecule is Cc1ncc(-c2nc(-c3nccnc3C)cs2)c(N)n1. The first-order valence-electron chi connectivity index (χ1n) is 5.98. The van der Waals surface area contributed by atoms with Crippen LogP contribution in [0.25, 0.3) is 22.0 Å². The quantitative estimate of drug-likeness (QED) is 0.776. The second-order valence-electron chi connectivity index (χ2n) is 4.24.